The van der Waals surface area contributed by atoms with Crippen molar-refractivity contribution in [3.05, 3.63) is 35.9 Å². The molecule has 3 aromatic heterocycles. The summed E-state index contributed by atoms with van der Waals surface area (Å²) in [6.07, 6.45) is 3.14. The number of oxazole rings is 1. The van der Waals surface area contributed by atoms with E-state index < -0.39 is 5.97 Å². The van der Waals surface area contributed by atoms with Gasteiger partial charge in [0.1, 0.15) is 5.69 Å². The zero-order valence-corrected chi connectivity index (χ0v) is 9.86. The Hall–Kier alpha value is -2.83. The van der Waals surface area contributed by atoms with Crippen LogP contribution in [0.1, 0.15) is 16.2 Å². The molecular weight excluding hydrogens is 248 g/mol. The predicted molar refractivity (Wildman–Crippen MR) is 64.5 cm³/mol. The molecule has 0 aliphatic heterocycles. The highest BCUT2D eigenvalue weighted by Crippen LogP contribution is 2.21. The fourth-order valence-electron chi connectivity index (χ4n) is 1.55. The Morgan fingerprint density at radius 1 is 1.21 bits per heavy atom. The number of aromatic nitrogens is 4. The largest absolute Gasteiger partial charge is 0.477 e. The van der Waals surface area contributed by atoms with E-state index >= 15 is 0 Å². The van der Waals surface area contributed by atoms with Crippen LogP contribution in [0, 0.1) is 6.92 Å². The quantitative estimate of drug-likeness (QED) is 0.744. The van der Waals surface area contributed by atoms with Gasteiger partial charge in [-0.05, 0) is 19.1 Å². The zero-order chi connectivity index (χ0) is 13.4. The SMILES string of the molecule is Cc1cnc(-c2nc3nc(C(=O)O)ccc3o2)cn1. The standard InChI is InChI=1S/C12H8N4O3/c1-6-4-14-8(5-13-6)11-16-10-9(19-11)3-2-7(15-10)12(17)18/h2-5H,1H3,(H,17,18). The van der Waals surface area contributed by atoms with Gasteiger partial charge in [0.15, 0.2) is 16.9 Å². The number of nitrogens with zero attached hydrogens (tertiary/aromatic N) is 4. The first-order chi connectivity index (χ1) is 9.13. The van der Waals surface area contributed by atoms with E-state index in [0.29, 0.717) is 11.3 Å². The summed E-state index contributed by atoms with van der Waals surface area (Å²) in [5.41, 5.74) is 1.81. The average molecular weight is 256 g/mol. The minimum Gasteiger partial charge on any atom is -0.477 e. The number of hydrogen-bond donors (Lipinski definition) is 1. The summed E-state index contributed by atoms with van der Waals surface area (Å²) in [5, 5.41) is 8.86. The maximum absolute atomic E-state index is 10.8. The molecule has 0 aliphatic rings. The first-order valence-corrected chi connectivity index (χ1v) is 5.43. The summed E-state index contributed by atoms with van der Waals surface area (Å²) in [5.74, 6) is -0.848. The molecule has 1 N–H and O–H groups in total. The van der Waals surface area contributed by atoms with Crippen LogP contribution in [0.3, 0.4) is 0 Å². The van der Waals surface area contributed by atoms with Gasteiger partial charge in [-0.15, -0.1) is 0 Å². The third-order valence-corrected chi connectivity index (χ3v) is 2.47. The number of aryl methyl sites for hydroxylation is 1. The van der Waals surface area contributed by atoms with Crippen LogP contribution in [0.5, 0.6) is 0 Å². The van der Waals surface area contributed by atoms with Crippen LogP contribution in [-0.4, -0.2) is 31.0 Å². The predicted octanol–water partition coefficient (Wildman–Crippen LogP) is 1.69. The van der Waals surface area contributed by atoms with Crippen molar-refractivity contribution in [2.45, 2.75) is 6.92 Å². The van der Waals surface area contributed by atoms with Gasteiger partial charge in [0.25, 0.3) is 0 Å². The third kappa shape index (κ3) is 2.01. The number of fused-ring (bicyclic) bond motifs is 1. The van der Waals surface area contributed by atoms with Crippen molar-refractivity contribution in [3.63, 3.8) is 0 Å². The van der Waals surface area contributed by atoms with E-state index in [1.54, 1.807) is 6.20 Å². The van der Waals surface area contributed by atoms with E-state index in [1.807, 2.05) is 6.92 Å². The average Bonchev–Trinajstić information content (AvgIpc) is 2.82. The maximum atomic E-state index is 10.8. The second-order valence-electron chi connectivity index (χ2n) is 3.89. The molecule has 0 atom stereocenters. The molecule has 94 valence electrons. The summed E-state index contributed by atoms with van der Waals surface area (Å²) in [6, 6.07) is 2.88. The first-order valence-electron chi connectivity index (χ1n) is 5.43. The monoisotopic (exact) mass is 256 g/mol. The van der Waals surface area contributed by atoms with Crippen LogP contribution in [0.25, 0.3) is 22.8 Å². The molecule has 0 aromatic carbocycles. The second-order valence-corrected chi connectivity index (χ2v) is 3.89. The van der Waals surface area contributed by atoms with Crippen molar-refractivity contribution in [1.29, 1.82) is 0 Å². The minimum atomic E-state index is -1.11. The topological polar surface area (TPSA) is 102 Å². The summed E-state index contributed by atoms with van der Waals surface area (Å²) in [7, 11) is 0. The second kappa shape index (κ2) is 4.13. The highest BCUT2D eigenvalue weighted by molar-refractivity contribution is 5.88. The van der Waals surface area contributed by atoms with E-state index in [-0.39, 0.29) is 17.2 Å². The van der Waals surface area contributed by atoms with Crippen molar-refractivity contribution in [2.24, 2.45) is 0 Å². The number of hydrogen-bond acceptors (Lipinski definition) is 6. The van der Waals surface area contributed by atoms with Crippen LogP contribution in [0.2, 0.25) is 0 Å². The molecule has 0 aliphatic carbocycles. The Labute approximate surface area is 107 Å². The van der Waals surface area contributed by atoms with Crippen molar-refractivity contribution in [2.75, 3.05) is 0 Å². The minimum absolute atomic E-state index is 0.0812. The lowest BCUT2D eigenvalue weighted by Crippen LogP contribution is -1.99. The van der Waals surface area contributed by atoms with Crippen LogP contribution in [-0.2, 0) is 0 Å². The first kappa shape index (κ1) is 11.3. The highest BCUT2D eigenvalue weighted by atomic mass is 16.4. The lowest BCUT2D eigenvalue weighted by molar-refractivity contribution is 0.0691. The number of carboxylic acid groups (broad SMARTS) is 1. The molecule has 7 heteroatoms. The van der Waals surface area contributed by atoms with Gasteiger partial charge in [-0.3, -0.25) is 4.98 Å². The Bertz CT molecular complexity index is 764. The molecule has 0 bridgehead atoms. The summed E-state index contributed by atoms with van der Waals surface area (Å²) in [6.45, 7) is 1.82. The van der Waals surface area contributed by atoms with Gasteiger partial charge in [-0.25, -0.2) is 14.8 Å². The van der Waals surface area contributed by atoms with Crippen LogP contribution >= 0.6 is 0 Å². The molecule has 0 saturated heterocycles. The van der Waals surface area contributed by atoms with Crippen molar-refractivity contribution in [3.8, 4) is 11.6 Å². The van der Waals surface area contributed by atoms with Gasteiger partial charge < -0.3 is 9.52 Å². The van der Waals surface area contributed by atoms with Crippen LogP contribution in [0.15, 0.2) is 28.9 Å². The summed E-state index contributed by atoms with van der Waals surface area (Å²) >= 11 is 0. The van der Waals surface area contributed by atoms with Crippen LogP contribution in [0.4, 0.5) is 0 Å². The zero-order valence-electron chi connectivity index (χ0n) is 9.86. The van der Waals surface area contributed by atoms with Gasteiger partial charge in [0.2, 0.25) is 5.89 Å². The van der Waals surface area contributed by atoms with Crippen molar-refractivity contribution < 1.29 is 14.3 Å². The molecule has 19 heavy (non-hydrogen) atoms. The lowest BCUT2D eigenvalue weighted by Gasteiger charge is -1.93. The molecule has 0 unspecified atom stereocenters. The van der Waals surface area contributed by atoms with Gasteiger partial charge >= 0.3 is 5.97 Å². The van der Waals surface area contributed by atoms with E-state index in [2.05, 4.69) is 19.9 Å². The number of carbonyl (C=O) groups is 1. The Morgan fingerprint density at radius 3 is 2.74 bits per heavy atom. The van der Waals surface area contributed by atoms with Crippen molar-refractivity contribution in [1.82, 2.24) is 19.9 Å². The van der Waals surface area contributed by atoms with E-state index in [0.717, 1.165) is 5.69 Å². The number of rotatable bonds is 2. The molecule has 7 nitrogen and oxygen atoms in total. The van der Waals surface area contributed by atoms with E-state index in [4.69, 9.17) is 9.52 Å². The molecule has 0 amide bonds. The third-order valence-electron chi connectivity index (χ3n) is 2.47. The molecule has 0 radical (unpaired) electrons. The molecule has 0 saturated carbocycles. The van der Waals surface area contributed by atoms with Crippen molar-refractivity contribution >= 4 is 17.2 Å². The summed E-state index contributed by atoms with van der Waals surface area (Å²) in [4.78, 5) is 27.0. The number of aromatic carboxylic acids is 1. The smallest absolute Gasteiger partial charge is 0.354 e. The van der Waals surface area contributed by atoms with Gasteiger partial charge in [0, 0.05) is 6.20 Å². The highest BCUT2D eigenvalue weighted by Gasteiger charge is 2.13. The van der Waals surface area contributed by atoms with Gasteiger partial charge in [0.05, 0.1) is 11.9 Å². The van der Waals surface area contributed by atoms with Gasteiger partial charge in [-0.2, -0.15) is 4.98 Å². The molecule has 0 spiro atoms. The Balaban J connectivity index is 2.11. The molecule has 3 aromatic rings. The lowest BCUT2D eigenvalue weighted by atomic mass is 10.3. The molecule has 3 rings (SSSR count). The Morgan fingerprint density at radius 2 is 2.05 bits per heavy atom. The van der Waals surface area contributed by atoms with Crippen LogP contribution < -0.4 is 0 Å². The van der Waals surface area contributed by atoms with E-state index in [1.165, 1.54) is 18.3 Å². The Kier molecular flexibility index (Phi) is 2.45. The summed E-state index contributed by atoms with van der Waals surface area (Å²) < 4.78 is 5.46. The fraction of sp³-hybridized carbons (Fsp3) is 0.0833. The van der Waals surface area contributed by atoms with E-state index in [9.17, 15) is 4.79 Å². The fourth-order valence-corrected chi connectivity index (χ4v) is 1.55. The maximum Gasteiger partial charge on any atom is 0.354 e. The van der Waals surface area contributed by atoms with Gasteiger partial charge in [-0.1, -0.05) is 0 Å². The molecule has 0 fully saturated rings. The number of pyridine rings is 1. The molecular formula is C12H8N4O3. The normalized spacial score (nSPS) is 10.8. The molecule has 3 heterocycles. The number of carboxylic acids is 1.